The maximum Gasteiger partial charge on any atom is 0.407 e. The van der Waals surface area contributed by atoms with Crippen molar-refractivity contribution in [2.24, 2.45) is 10.8 Å². The van der Waals surface area contributed by atoms with Crippen LogP contribution in [0.2, 0.25) is 0 Å². The molecule has 0 aliphatic carbocycles. The molecule has 598 valence electrons. The first-order valence-electron chi connectivity index (χ1n) is 36.1. The van der Waals surface area contributed by atoms with Gasteiger partial charge >= 0.3 is 34.7 Å². The monoisotopic (exact) mass is 1580 g/mol. The van der Waals surface area contributed by atoms with E-state index in [-0.39, 0.29) is 50.1 Å². The number of aliphatic hydroxyl groups is 1. The lowest BCUT2D eigenvalue weighted by molar-refractivity contribution is -0.132. The number of morpholine rings is 1. The Labute approximate surface area is 653 Å². The topological polar surface area (TPSA) is 384 Å². The van der Waals surface area contributed by atoms with Gasteiger partial charge in [0.2, 0.25) is 11.8 Å². The zero-order chi connectivity index (χ0) is 80.4. The van der Waals surface area contributed by atoms with Crippen molar-refractivity contribution in [2.75, 3.05) is 60.7 Å². The van der Waals surface area contributed by atoms with Crippen LogP contribution in [0.15, 0.2) is 157 Å². The predicted molar refractivity (Wildman–Crippen MR) is 421 cm³/mol. The van der Waals surface area contributed by atoms with Gasteiger partial charge in [0, 0.05) is 81.1 Å². The van der Waals surface area contributed by atoms with Gasteiger partial charge in [-0.25, -0.2) is 29.2 Å². The number of ether oxygens (including phenoxy) is 4. The summed E-state index contributed by atoms with van der Waals surface area (Å²) in [6, 6.07) is 38.3. The second-order valence-electron chi connectivity index (χ2n) is 28.9. The van der Waals surface area contributed by atoms with Crippen LogP contribution in [-0.4, -0.2) is 197 Å². The summed E-state index contributed by atoms with van der Waals surface area (Å²) in [7, 11) is -0.508. The highest BCUT2D eigenvalue weighted by atomic mass is 32.3. The van der Waals surface area contributed by atoms with Gasteiger partial charge in [0.05, 0.1) is 72.9 Å². The molecule has 1 saturated heterocycles. The summed E-state index contributed by atoms with van der Waals surface area (Å²) >= 11 is 3.02. The molecule has 4 aromatic carbocycles. The van der Waals surface area contributed by atoms with Crippen LogP contribution in [0.5, 0.6) is 0 Å². The minimum atomic E-state index is -4.67. The summed E-state index contributed by atoms with van der Waals surface area (Å²) in [6.07, 6.45) is 3.22. The normalized spacial score (nSPS) is 14.3. The van der Waals surface area contributed by atoms with E-state index in [4.69, 9.17) is 36.5 Å². The number of thiazole rings is 2. The van der Waals surface area contributed by atoms with Crippen molar-refractivity contribution in [3.05, 3.63) is 195 Å². The first-order chi connectivity index (χ1) is 52.2. The van der Waals surface area contributed by atoms with Gasteiger partial charge in [0.1, 0.15) is 24.7 Å². The molecular formula is C78H107N13O16S3. The van der Waals surface area contributed by atoms with Gasteiger partial charge in [-0.05, 0) is 83.7 Å². The maximum atomic E-state index is 14.2. The van der Waals surface area contributed by atoms with Crippen LogP contribution >= 0.6 is 22.7 Å². The van der Waals surface area contributed by atoms with Crippen LogP contribution in [-0.2, 0) is 82.7 Å². The third-order valence-electron chi connectivity index (χ3n) is 17.5. The number of pyridine rings is 1. The number of hydrogen-bond acceptors (Lipinski definition) is 21. The molecule has 0 unspecified atom stereocenters. The molecule has 0 radical (unpaired) electrons. The highest BCUT2D eigenvalue weighted by Gasteiger charge is 2.38. The molecule has 1 aliphatic heterocycles. The van der Waals surface area contributed by atoms with Crippen LogP contribution < -0.4 is 37.3 Å². The Morgan fingerprint density at radius 3 is 1.66 bits per heavy atom. The zero-order valence-corrected chi connectivity index (χ0v) is 66.7. The molecule has 1 aliphatic rings. The van der Waals surface area contributed by atoms with Gasteiger partial charge in [-0.2, -0.15) is 8.42 Å². The Morgan fingerprint density at radius 2 is 1.16 bits per heavy atom. The fourth-order valence-corrected chi connectivity index (χ4v) is 13.0. The molecule has 1 fully saturated rings. The Morgan fingerprint density at radius 1 is 0.627 bits per heavy atom. The standard InChI is InChI=1S/C40H53N7O5S2.C38H52N6O7.H2O4S/c1-29(2)38-43-34(27-53-38)25-46(3)39(49)45-36(16-17-47-18-20-51-21-19-47)37(48)42-32(22-30-10-6-4-7-11-30)14-15-33(23-31-12-8-5-9-13-31)44-40(50)52-26-35-24-41-28-54-35;1-37(2,3)31(41-35(48)50-7)33(46)40-29(22-25-14-10-9-11-15-25)30(45)24-44(43-34(47)32(38(4,5)6)42-36(49)51-8)23-26-17-19-27(20-18-26)28-16-12-13-21-39-28;1-5(2,3)4/h4-13,24,27-29,32-33,36H,14-23,25-26H2,1-3H3,(H,42,48)(H,44,50)(H,45,49);9-21,29-32,45H,22-24H2,1-8H3,(H,40,46)(H,41,48)(H,42,49)(H,43,47);(H2,1,2,3,4)/t32-,33-,36+;29-,30-,31+,32+;/m10./s1. The van der Waals surface area contributed by atoms with Crippen molar-refractivity contribution in [1.82, 2.24) is 67.1 Å². The van der Waals surface area contributed by atoms with Crippen LogP contribution in [0.4, 0.5) is 19.2 Å². The lowest BCUT2D eigenvalue weighted by atomic mass is 9.85. The van der Waals surface area contributed by atoms with Crippen molar-refractivity contribution in [1.29, 1.82) is 0 Å². The van der Waals surface area contributed by atoms with E-state index in [1.165, 1.54) is 25.6 Å². The second-order valence-corrected chi connectivity index (χ2v) is 31.7. The smallest absolute Gasteiger partial charge is 0.407 e. The van der Waals surface area contributed by atoms with Gasteiger partial charge in [0.25, 0.3) is 5.91 Å². The van der Waals surface area contributed by atoms with Crippen molar-refractivity contribution < 1.29 is 75.1 Å². The number of hydrogen-bond donors (Lipinski definition) is 10. The number of hydrazine groups is 1. The van der Waals surface area contributed by atoms with Gasteiger partial charge in [-0.3, -0.25) is 43.8 Å². The second kappa shape index (κ2) is 45.0. The van der Waals surface area contributed by atoms with Gasteiger partial charge in [0.15, 0.2) is 0 Å². The van der Waals surface area contributed by atoms with E-state index in [1.54, 1.807) is 67.0 Å². The number of carbonyl (C=O) groups is 7. The van der Waals surface area contributed by atoms with Crippen LogP contribution in [0.3, 0.4) is 0 Å². The Hall–Kier alpha value is -9.51. The van der Waals surface area contributed by atoms with E-state index in [2.05, 4.69) is 71.0 Å². The molecule has 7 atom stereocenters. The molecule has 0 saturated carbocycles. The Balaban J connectivity index is 0.000000324. The SMILES string of the molecule is CC(C)c1nc(CN(C)C(=O)N[C@@H](CCN2CCOCC2)C(=O)N[C@H](CC[C@H](Cc2ccccc2)NC(=O)OCc2cncs2)Cc2ccccc2)cs1.COC(=O)N[C@H](C(=O)N[C@@H](Cc1ccccc1)[C@@H](O)CN(Cc1ccc(-c2ccccn2)cc1)NC(=O)[C@@H](NC(=O)OC)C(C)(C)C)C(C)(C)C.O=S(=O)(O)O. The molecule has 8 rings (SSSR count). The number of nitrogens with zero attached hydrogens (tertiary/aromatic N) is 6. The zero-order valence-electron chi connectivity index (χ0n) is 64.3. The number of methoxy groups -OCH3 is 2. The molecule has 0 spiro atoms. The third kappa shape index (κ3) is 33.4. The van der Waals surface area contributed by atoms with E-state index < -0.39 is 81.6 Å². The van der Waals surface area contributed by atoms with Gasteiger partial charge in [-0.1, -0.05) is 177 Å². The number of alkyl carbamates (subject to hydrolysis) is 3. The minimum Gasteiger partial charge on any atom is -0.453 e. The van der Waals surface area contributed by atoms with E-state index in [0.717, 1.165) is 62.2 Å². The fourth-order valence-electron chi connectivity index (χ4n) is 11.6. The van der Waals surface area contributed by atoms with Gasteiger partial charge in [-0.15, -0.1) is 22.7 Å². The molecule has 4 heterocycles. The van der Waals surface area contributed by atoms with Gasteiger partial charge < -0.3 is 60.9 Å². The van der Waals surface area contributed by atoms with Crippen LogP contribution in [0.1, 0.15) is 118 Å². The summed E-state index contributed by atoms with van der Waals surface area (Å²) in [5.74, 6) is -0.960. The minimum absolute atomic E-state index is 0.120. The number of benzene rings is 4. The first-order valence-corrected chi connectivity index (χ1v) is 39.3. The largest absolute Gasteiger partial charge is 0.453 e. The average molecular weight is 1580 g/mol. The summed E-state index contributed by atoms with van der Waals surface area (Å²) in [6.45, 7) is 19.1. The summed E-state index contributed by atoms with van der Waals surface area (Å²) in [4.78, 5) is 111. The molecule has 0 bridgehead atoms. The molecule has 3 aromatic heterocycles. The van der Waals surface area contributed by atoms with Crippen LogP contribution in [0.25, 0.3) is 11.3 Å². The third-order valence-corrected chi connectivity index (χ3v) is 19.4. The number of aliphatic hydroxyl groups excluding tert-OH is 1. The van der Waals surface area contributed by atoms with E-state index in [1.807, 2.05) is 160 Å². The molecule has 32 heteroatoms. The highest BCUT2D eigenvalue weighted by molar-refractivity contribution is 7.79. The van der Waals surface area contributed by atoms with Crippen molar-refractivity contribution in [3.63, 3.8) is 0 Å². The molecule has 110 heavy (non-hydrogen) atoms. The summed E-state index contributed by atoms with van der Waals surface area (Å²) in [5, 5.41) is 34.0. The van der Waals surface area contributed by atoms with Crippen molar-refractivity contribution >= 4 is 75.1 Å². The Bertz CT molecular complexity index is 4030. The lowest BCUT2D eigenvalue weighted by Crippen LogP contribution is -2.60. The quantitative estimate of drug-likeness (QED) is 0.0104. The number of urea groups is 1. The van der Waals surface area contributed by atoms with E-state index in [0.29, 0.717) is 64.3 Å². The number of amides is 8. The number of carbonyl (C=O) groups excluding carboxylic acids is 7. The Kier molecular flexibility index (Phi) is 36.5. The number of nitrogens with one attached hydrogen (secondary N) is 7. The summed E-state index contributed by atoms with van der Waals surface area (Å²) < 4.78 is 52.2. The van der Waals surface area contributed by atoms with E-state index >= 15 is 0 Å². The van der Waals surface area contributed by atoms with Crippen LogP contribution in [0, 0.1) is 10.8 Å². The van der Waals surface area contributed by atoms with Crippen molar-refractivity contribution in [2.45, 2.75) is 162 Å². The predicted octanol–water partition coefficient (Wildman–Crippen LogP) is 9.56. The first kappa shape index (κ1) is 89.4. The molecule has 8 amide bonds. The maximum absolute atomic E-state index is 14.2. The number of rotatable bonds is 33. The lowest BCUT2D eigenvalue weighted by Gasteiger charge is -2.35. The molecule has 29 nitrogen and oxygen atoms in total. The highest BCUT2D eigenvalue weighted by Crippen LogP contribution is 2.25. The van der Waals surface area contributed by atoms with Crippen molar-refractivity contribution in [3.8, 4) is 11.3 Å². The fraction of sp³-hybridized carbons (Fsp3) is 0.462. The summed E-state index contributed by atoms with van der Waals surface area (Å²) in [5.41, 5.74) is 9.57. The molecule has 7 aromatic rings. The molecular weight excluding hydrogens is 1470 g/mol. The molecule has 10 N–H and O–H groups in total. The van der Waals surface area contributed by atoms with E-state index in [9.17, 15) is 38.7 Å². The number of aromatic nitrogens is 3. The average Bonchev–Trinajstić information content (AvgIpc) is 0.988.